The smallest absolute Gasteiger partial charge is 0.317 e. The summed E-state index contributed by atoms with van der Waals surface area (Å²) >= 11 is 0. The minimum Gasteiger partial charge on any atom is -0.508 e. The maximum absolute atomic E-state index is 17.2. The molecule has 2 fully saturated rings. The van der Waals surface area contributed by atoms with Crippen molar-refractivity contribution in [1.82, 2.24) is 19.9 Å². The number of phenols is 1. The Hall–Kier alpha value is -4.53. The SMILES string of the molecule is CC(C)[Si](C#Cc1c(F)ccc2cc(O)cc(-c3ncc4c(-c5cccc(F)c5)nc(OC[C@@]56CCCN5C[C@H](F)C6)nc4c3F)c12)(C(C)C)C(C)C. The number of phenolic OH excluding ortho intramolecular Hbond substituents is 1. The molecule has 0 saturated carbocycles. The molecular formula is C42H44F4N4O2Si. The van der Waals surface area contributed by atoms with Crippen molar-refractivity contribution in [2.45, 2.75) is 89.1 Å². The second-order valence-corrected chi connectivity index (χ2v) is 21.2. The Morgan fingerprint density at radius 1 is 0.981 bits per heavy atom. The highest BCUT2D eigenvalue weighted by molar-refractivity contribution is 6.90. The van der Waals surface area contributed by atoms with Crippen LogP contribution < -0.4 is 4.74 Å². The van der Waals surface area contributed by atoms with E-state index in [1.165, 1.54) is 48.7 Å². The molecule has 2 aliphatic rings. The fourth-order valence-corrected chi connectivity index (χ4v) is 14.3. The van der Waals surface area contributed by atoms with Crippen molar-refractivity contribution in [3.63, 3.8) is 0 Å². The average Bonchev–Trinajstić information content (AvgIpc) is 3.63. The number of hydrogen-bond donors (Lipinski definition) is 1. The summed E-state index contributed by atoms with van der Waals surface area (Å²) in [5.41, 5.74) is 4.43. The quantitative estimate of drug-likeness (QED) is 0.0971. The summed E-state index contributed by atoms with van der Waals surface area (Å²) in [5, 5.41) is 11.8. The van der Waals surface area contributed by atoms with Gasteiger partial charge in [0.2, 0.25) is 0 Å². The largest absolute Gasteiger partial charge is 0.508 e. The van der Waals surface area contributed by atoms with Crippen LogP contribution in [-0.2, 0) is 0 Å². The lowest BCUT2D eigenvalue weighted by molar-refractivity contribution is 0.107. The molecule has 1 N–H and O–H groups in total. The molecule has 5 aromatic rings. The van der Waals surface area contributed by atoms with Gasteiger partial charge < -0.3 is 9.84 Å². The number of fused-ring (bicyclic) bond motifs is 3. The third kappa shape index (κ3) is 6.44. The first-order valence-electron chi connectivity index (χ1n) is 18.4. The van der Waals surface area contributed by atoms with Crippen molar-refractivity contribution in [1.29, 1.82) is 0 Å². The maximum Gasteiger partial charge on any atom is 0.317 e. The van der Waals surface area contributed by atoms with E-state index in [0.29, 0.717) is 45.9 Å². The minimum absolute atomic E-state index is 0.105. The van der Waals surface area contributed by atoms with E-state index in [1.54, 1.807) is 6.07 Å². The molecule has 6 nitrogen and oxygen atoms in total. The summed E-state index contributed by atoms with van der Waals surface area (Å²) in [7, 11) is -2.30. The van der Waals surface area contributed by atoms with Gasteiger partial charge in [0.25, 0.3) is 0 Å². The van der Waals surface area contributed by atoms with Crippen LogP contribution in [-0.4, -0.2) is 64.4 Å². The monoisotopic (exact) mass is 740 g/mol. The normalized spacial score (nSPS) is 19.1. The lowest BCUT2D eigenvalue weighted by atomic mass is 9.95. The van der Waals surface area contributed by atoms with Gasteiger partial charge in [-0.1, -0.05) is 65.7 Å². The fraction of sp³-hybridized carbons (Fsp3) is 0.405. The van der Waals surface area contributed by atoms with Crippen LogP contribution in [0.25, 0.3) is 44.2 Å². The van der Waals surface area contributed by atoms with E-state index in [4.69, 9.17) is 4.74 Å². The van der Waals surface area contributed by atoms with Gasteiger partial charge in [0.1, 0.15) is 49.4 Å². The van der Waals surface area contributed by atoms with Crippen LogP contribution in [0.1, 0.15) is 66.4 Å². The molecule has 3 aromatic carbocycles. The molecule has 2 atom stereocenters. The van der Waals surface area contributed by atoms with E-state index in [2.05, 4.69) is 72.9 Å². The summed E-state index contributed by atoms with van der Waals surface area (Å²) in [6, 6.07) is 11.3. The number of hydrogen-bond acceptors (Lipinski definition) is 6. The number of nitrogens with zero attached hydrogens (tertiary/aromatic N) is 4. The van der Waals surface area contributed by atoms with Crippen molar-refractivity contribution in [2.24, 2.45) is 0 Å². The van der Waals surface area contributed by atoms with Gasteiger partial charge in [-0.3, -0.25) is 9.88 Å². The van der Waals surface area contributed by atoms with Gasteiger partial charge in [0.05, 0.1) is 16.8 Å². The van der Waals surface area contributed by atoms with Gasteiger partial charge in [0.15, 0.2) is 5.82 Å². The van der Waals surface area contributed by atoms with Crippen molar-refractivity contribution < 1.29 is 27.4 Å². The van der Waals surface area contributed by atoms with Crippen molar-refractivity contribution in [3.8, 4) is 45.7 Å². The van der Waals surface area contributed by atoms with Crippen LogP contribution >= 0.6 is 0 Å². The Morgan fingerprint density at radius 2 is 1.74 bits per heavy atom. The number of aromatic hydroxyl groups is 1. The van der Waals surface area contributed by atoms with Gasteiger partial charge in [-0.15, -0.1) is 5.54 Å². The van der Waals surface area contributed by atoms with Crippen LogP contribution in [0.3, 0.4) is 0 Å². The average molecular weight is 741 g/mol. The number of aromatic nitrogens is 3. The molecule has 0 radical (unpaired) electrons. The lowest BCUT2D eigenvalue weighted by Gasteiger charge is -2.38. The highest BCUT2D eigenvalue weighted by Crippen LogP contribution is 2.43. The van der Waals surface area contributed by atoms with Crippen LogP contribution in [0.2, 0.25) is 16.6 Å². The van der Waals surface area contributed by atoms with E-state index in [1.807, 2.05) is 0 Å². The van der Waals surface area contributed by atoms with E-state index >= 15 is 8.78 Å². The molecule has 276 valence electrons. The third-order valence-corrected chi connectivity index (χ3v) is 17.9. The molecule has 0 unspecified atom stereocenters. The minimum atomic E-state index is -2.30. The summed E-state index contributed by atoms with van der Waals surface area (Å²) in [6.45, 7) is 14.2. The zero-order valence-electron chi connectivity index (χ0n) is 30.9. The molecular weight excluding hydrogens is 697 g/mol. The van der Waals surface area contributed by atoms with E-state index in [-0.39, 0.29) is 51.8 Å². The topological polar surface area (TPSA) is 71.4 Å². The zero-order chi connectivity index (χ0) is 37.8. The van der Waals surface area contributed by atoms with Gasteiger partial charge >= 0.3 is 6.01 Å². The number of benzene rings is 3. The second kappa shape index (κ2) is 14.0. The Morgan fingerprint density at radius 3 is 2.45 bits per heavy atom. The number of pyridine rings is 1. The number of rotatable bonds is 8. The maximum atomic E-state index is 17.2. The van der Waals surface area contributed by atoms with E-state index in [0.717, 1.165) is 19.4 Å². The van der Waals surface area contributed by atoms with Crippen LogP contribution in [0.5, 0.6) is 11.8 Å². The van der Waals surface area contributed by atoms with E-state index < -0.39 is 37.2 Å². The van der Waals surface area contributed by atoms with Gasteiger partial charge in [-0.25, -0.2) is 17.6 Å². The highest BCUT2D eigenvalue weighted by atomic mass is 28.3. The Bertz CT molecular complexity index is 2270. The molecule has 0 aliphatic carbocycles. The molecule has 11 heteroatoms. The molecule has 2 aromatic heterocycles. The Balaban J connectivity index is 1.43. The van der Waals surface area contributed by atoms with Gasteiger partial charge in [-0.2, -0.15) is 9.97 Å². The van der Waals surface area contributed by atoms with Crippen molar-refractivity contribution in [3.05, 3.63) is 77.7 Å². The van der Waals surface area contributed by atoms with Crippen molar-refractivity contribution >= 4 is 29.7 Å². The first-order valence-corrected chi connectivity index (χ1v) is 20.6. The number of halogens is 4. The number of alkyl halides is 1. The van der Waals surface area contributed by atoms with Gasteiger partial charge in [-0.05, 0) is 71.7 Å². The molecule has 0 bridgehead atoms. The summed E-state index contributed by atoms with van der Waals surface area (Å²) in [6.07, 6.45) is 2.41. The van der Waals surface area contributed by atoms with Crippen LogP contribution in [0, 0.1) is 28.9 Å². The third-order valence-electron chi connectivity index (χ3n) is 11.6. The fourth-order valence-electron chi connectivity index (χ4n) is 9.13. The summed E-state index contributed by atoms with van der Waals surface area (Å²) < 4.78 is 68.3. The van der Waals surface area contributed by atoms with Crippen LogP contribution in [0.15, 0.2) is 54.7 Å². The predicted octanol–water partition coefficient (Wildman–Crippen LogP) is 10.2. The van der Waals surface area contributed by atoms with Gasteiger partial charge in [0, 0.05) is 41.1 Å². The first kappa shape index (κ1) is 36.8. The predicted molar refractivity (Wildman–Crippen MR) is 204 cm³/mol. The summed E-state index contributed by atoms with van der Waals surface area (Å²) in [5.74, 6) is 1.13. The molecule has 53 heavy (non-hydrogen) atoms. The summed E-state index contributed by atoms with van der Waals surface area (Å²) in [4.78, 5) is 15.7. The van der Waals surface area contributed by atoms with Crippen LogP contribution in [0.4, 0.5) is 17.6 Å². The van der Waals surface area contributed by atoms with E-state index in [9.17, 15) is 13.9 Å². The molecule has 0 amide bonds. The Labute approximate surface area is 308 Å². The lowest BCUT2D eigenvalue weighted by Crippen LogP contribution is -2.43. The molecule has 0 spiro atoms. The molecule has 2 saturated heterocycles. The molecule has 4 heterocycles. The second-order valence-electron chi connectivity index (χ2n) is 15.6. The number of ether oxygens (including phenoxy) is 1. The first-order chi connectivity index (χ1) is 25.2. The highest BCUT2D eigenvalue weighted by Gasteiger charge is 2.49. The molecule has 7 rings (SSSR count). The standard InChI is InChI=1S/C42H44F4N4O2Si/c1-24(2)53(25(3)4,26(5)6)16-13-32-35(45)12-11-27-18-31(51)19-33(36(27)32)39-37(46)40-34(21-47-39)38(28-9-7-10-29(43)17-28)48-41(49-40)52-23-42-14-8-15-50(42)22-30(44)20-42/h7,9-12,17-19,21,24-26,30,51H,8,14-15,20,22-23H2,1-6H3/t30-,42+/m1/s1. The molecule has 2 aliphatic heterocycles. The zero-order valence-corrected chi connectivity index (χ0v) is 31.9. The van der Waals surface area contributed by atoms with Crippen molar-refractivity contribution in [2.75, 3.05) is 19.7 Å². The Kier molecular flexibility index (Phi) is 9.74.